The normalized spacial score (nSPS) is 14.7. The van der Waals surface area contributed by atoms with E-state index in [1.165, 1.54) is 41.3 Å². The molecule has 1 aliphatic heterocycles. The zero-order valence-electron chi connectivity index (χ0n) is 25.4. The molecule has 8 N–H and O–H groups in total. The lowest BCUT2D eigenvalue weighted by molar-refractivity contribution is -0.384. The number of rotatable bonds is 12. The van der Waals surface area contributed by atoms with E-state index in [1.807, 2.05) is 0 Å². The number of anilines is 1. The van der Waals surface area contributed by atoms with Gasteiger partial charge in [0.05, 0.1) is 16.4 Å². The molecular formula is C28H38N8O9S. The van der Waals surface area contributed by atoms with Gasteiger partial charge in [-0.25, -0.2) is 12.7 Å². The lowest BCUT2D eigenvalue weighted by Crippen LogP contribution is -2.56. The van der Waals surface area contributed by atoms with Crippen LogP contribution in [0.3, 0.4) is 0 Å². The Balaban J connectivity index is 0.00000173. The van der Waals surface area contributed by atoms with Crippen LogP contribution in [0.25, 0.3) is 0 Å². The molecule has 1 aliphatic rings. The Labute approximate surface area is 265 Å². The van der Waals surface area contributed by atoms with E-state index in [-0.39, 0.29) is 61.1 Å². The van der Waals surface area contributed by atoms with Gasteiger partial charge in [-0.15, -0.1) is 0 Å². The molecule has 3 amide bonds. The van der Waals surface area contributed by atoms with Crippen LogP contribution in [0, 0.1) is 17.0 Å². The number of guanidine groups is 1. The number of aryl methyl sites for hydroxylation is 1. The monoisotopic (exact) mass is 662 g/mol. The molecular weight excluding hydrogens is 624 g/mol. The first-order valence-electron chi connectivity index (χ1n) is 14.0. The van der Waals surface area contributed by atoms with E-state index in [9.17, 15) is 32.9 Å². The number of non-ortho nitro benzene ring substituents is 1. The van der Waals surface area contributed by atoms with Gasteiger partial charge < -0.3 is 32.5 Å². The van der Waals surface area contributed by atoms with E-state index in [1.54, 1.807) is 19.1 Å². The number of sulfonamides is 1. The van der Waals surface area contributed by atoms with Crippen LogP contribution in [-0.2, 0) is 29.2 Å². The van der Waals surface area contributed by atoms with Crippen LogP contribution >= 0.6 is 0 Å². The van der Waals surface area contributed by atoms with Crippen molar-refractivity contribution in [1.29, 1.82) is 0 Å². The van der Waals surface area contributed by atoms with Crippen LogP contribution in [-0.4, -0.2) is 89.0 Å². The third kappa shape index (κ3) is 10.2. The number of nitrogens with one attached hydrogen (secondary N) is 1. The molecule has 1 fully saturated rings. The number of nitrogens with zero attached hydrogens (tertiary/aromatic N) is 4. The van der Waals surface area contributed by atoms with E-state index in [0.717, 1.165) is 12.5 Å². The molecule has 250 valence electrons. The SMILES string of the molecule is CC(=O)O.Cc1ccc(S(=O)(=O)N(C(=O)[C@@H]2CCCN2C(=O)CN)[C@@H](CCCN=C(N)N)C(=O)Nc2ccc([N+](=O)[O-])cc2)cc1. The van der Waals surface area contributed by atoms with Crippen LogP contribution in [0.2, 0.25) is 0 Å². The summed E-state index contributed by atoms with van der Waals surface area (Å²) in [7, 11) is -4.64. The summed E-state index contributed by atoms with van der Waals surface area (Å²) in [5, 5.41) is 21.0. The van der Waals surface area contributed by atoms with Crippen molar-refractivity contribution >= 4 is 51.0 Å². The number of nitro groups is 1. The van der Waals surface area contributed by atoms with E-state index in [4.69, 9.17) is 27.1 Å². The van der Waals surface area contributed by atoms with Crippen molar-refractivity contribution in [2.75, 3.05) is 25.0 Å². The summed E-state index contributed by atoms with van der Waals surface area (Å²) in [6, 6.07) is 7.92. The molecule has 0 saturated carbocycles. The van der Waals surface area contributed by atoms with Gasteiger partial charge in [-0.1, -0.05) is 17.7 Å². The van der Waals surface area contributed by atoms with Crippen molar-refractivity contribution in [1.82, 2.24) is 9.21 Å². The fourth-order valence-corrected chi connectivity index (χ4v) is 6.19. The topological polar surface area (TPSA) is 275 Å². The molecule has 0 spiro atoms. The second-order valence-electron chi connectivity index (χ2n) is 10.2. The molecule has 0 aliphatic carbocycles. The summed E-state index contributed by atoms with van der Waals surface area (Å²) < 4.78 is 28.7. The Kier molecular flexibility index (Phi) is 13.6. The molecule has 18 heteroatoms. The van der Waals surface area contributed by atoms with Gasteiger partial charge in [0, 0.05) is 37.8 Å². The lowest BCUT2D eigenvalue weighted by Gasteiger charge is -2.34. The largest absolute Gasteiger partial charge is 0.481 e. The summed E-state index contributed by atoms with van der Waals surface area (Å²) in [5.74, 6) is -3.39. The van der Waals surface area contributed by atoms with Crippen LogP contribution in [0.15, 0.2) is 58.4 Å². The first-order valence-corrected chi connectivity index (χ1v) is 15.5. The van der Waals surface area contributed by atoms with Gasteiger partial charge in [0.1, 0.15) is 12.1 Å². The number of hydrogen-bond acceptors (Lipinski definition) is 10. The van der Waals surface area contributed by atoms with Gasteiger partial charge in [-0.3, -0.25) is 34.3 Å². The summed E-state index contributed by atoms with van der Waals surface area (Å²) in [4.78, 5) is 64.7. The van der Waals surface area contributed by atoms with Crippen LogP contribution in [0.4, 0.5) is 11.4 Å². The van der Waals surface area contributed by atoms with Crippen molar-refractivity contribution in [2.24, 2.45) is 22.2 Å². The minimum absolute atomic E-state index is 0.0392. The third-order valence-corrected chi connectivity index (χ3v) is 8.51. The van der Waals surface area contributed by atoms with Crippen molar-refractivity contribution in [2.45, 2.75) is 56.5 Å². The van der Waals surface area contributed by atoms with Gasteiger partial charge in [-0.05, 0) is 56.9 Å². The number of carboxylic acid groups (broad SMARTS) is 1. The number of nitrogens with two attached hydrogens (primary N) is 3. The molecule has 0 aromatic heterocycles. The Morgan fingerprint density at radius 2 is 1.72 bits per heavy atom. The van der Waals surface area contributed by atoms with Gasteiger partial charge in [-0.2, -0.15) is 0 Å². The molecule has 2 aromatic rings. The van der Waals surface area contributed by atoms with Gasteiger partial charge in [0.25, 0.3) is 27.6 Å². The number of nitro benzene ring substituents is 1. The summed E-state index contributed by atoms with van der Waals surface area (Å²) in [5.41, 5.74) is 17.0. The highest BCUT2D eigenvalue weighted by atomic mass is 32.2. The number of carbonyl (C=O) groups excluding carboxylic acids is 3. The molecule has 1 saturated heterocycles. The Morgan fingerprint density at radius 3 is 2.24 bits per heavy atom. The van der Waals surface area contributed by atoms with Gasteiger partial charge in [0.2, 0.25) is 11.8 Å². The molecule has 17 nitrogen and oxygen atoms in total. The smallest absolute Gasteiger partial charge is 0.300 e. The van der Waals surface area contributed by atoms with Crippen molar-refractivity contribution in [3.63, 3.8) is 0 Å². The minimum Gasteiger partial charge on any atom is -0.481 e. The second kappa shape index (κ2) is 16.8. The number of likely N-dealkylation sites (tertiary alicyclic amines) is 1. The van der Waals surface area contributed by atoms with Crippen LogP contribution in [0.1, 0.15) is 38.2 Å². The molecule has 46 heavy (non-hydrogen) atoms. The molecule has 0 bridgehead atoms. The molecule has 2 atom stereocenters. The van der Waals surface area contributed by atoms with E-state index < -0.39 is 50.7 Å². The maximum Gasteiger partial charge on any atom is 0.300 e. The first kappa shape index (κ1) is 37.1. The van der Waals surface area contributed by atoms with Crippen molar-refractivity contribution < 1.29 is 37.6 Å². The number of aliphatic carboxylic acids is 1. The number of aliphatic imine (C=N–C) groups is 1. The lowest BCUT2D eigenvalue weighted by atomic mass is 10.1. The summed E-state index contributed by atoms with van der Waals surface area (Å²) in [6.45, 7) is 2.71. The van der Waals surface area contributed by atoms with Crippen LogP contribution in [0.5, 0.6) is 0 Å². The maximum atomic E-state index is 14.1. The fourth-order valence-electron chi connectivity index (χ4n) is 4.59. The quantitative estimate of drug-likeness (QED) is 0.0684. The highest BCUT2D eigenvalue weighted by Crippen LogP contribution is 2.28. The minimum atomic E-state index is -4.64. The number of carboxylic acids is 1. The number of benzene rings is 2. The van der Waals surface area contributed by atoms with Gasteiger partial charge >= 0.3 is 0 Å². The van der Waals surface area contributed by atoms with Gasteiger partial charge in [0.15, 0.2) is 5.96 Å². The summed E-state index contributed by atoms with van der Waals surface area (Å²) >= 11 is 0. The predicted molar refractivity (Wildman–Crippen MR) is 168 cm³/mol. The first-order chi connectivity index (χ1) is 21.6. The number of carbonyl (C=O) groups is 4. The predicted octanol–water partition coefficient (Wildman–Crippen LogP) is 0.522. The Morgan fingerprint density at radius 1 is 1.13 bits per heavy atom. The maximum absolute atomic E-state index is 14.1. The highest BCUT2D eigenvalue weighted by molar-refractivity contribution is 7.89. The van der Waals surface area contributed by atoms with E-state index >= 15 is 0 Å². The molecule has 0 radical (unpaired) electrons. The molecule has 1 heterocycles. The van der Waals surface area contributed by atoms with Crippen molar-refractivity contribution in [3.05, 3.63) is 64.2 Å². The summed E-state index contributed by atoms with van der Waals surface area (Å²) in [6.07, 6.45) is 0.545. The number of amides is 3. The molecule has 0 unspecified atom stereocenters. The zero-order valence-corrected chi connectivity index (χ0v) is 26.2. The zero-order chi connectivity index (χ0) is 34.6. The standard InChI is InChI=1S/C26H34N8O7S.C2H4O2/c1-17-6-12-20(13-7-17)42(40,41)33(25(37)22-5-3-15-32(22)23(35)16-27)21(4-2-14-30-26(28)29)24(36)31-18-8-10-19(11-9-18)34(38)39;1-2(3)4/h6-13,21-22H,2-5,14-16,27H2,1H3,(H,31,36)(H4,28,29,30);1H3,(H,3,4)/t21-,22-;/m0./s1. The van der Waals surface area contributed by atoms with E-state index in [0.29, 0.717) is 10.7 Å². The Hall–Kier alpha value is -5.10. The van der Waals surface area contributed by atoms with E-state index in [2.05, 4.69) is 10.3 Å². The second-order valence-corrected chi connectivity index (χ2v) is 12.0. The Bertz CT molecular complexity index is 1540. The molecule has 3 rings (SSSR count). The average molecular weight is 663 g/mol. The molecule has 2 aromatic carbocycles. The van der Waals surface area contributed by atoms with Crippen molar-refractivity contribution in [3.8, 4) is 0 Å². The highest BCUT2D eigenvalue weighted by Gasteiger charge is 2.45. The number of hydrogen-bond donors (Lipinski definition) is 5. The average Bonchev–Trinajstić information content (AvgIpc) is 3.48. The van der Waals surface area contributed by atoms with Crippen LogP contribution < -0.4 is 22.5 Å². The fraction of sp³-hybridized carbons (Fsp3) is 0.393. The third-order valence-electron chi connectivity index (χ3n) is 6.69.